The number of aliphatic hydroxyl groups is 1. The number of nitrogens with one attached hydrogen (secondary N) is 3. The predicted molar refractivity (Wildman–Crippen MR) is 439 cm³/mol. The quantitative estimate of drug-likeness (QED) is 0.0181. The Labute approximate surface area is 717 Å². The summed E-state index contributed by atoms with van der Waals surface area (Å²) in [7, 11) is 4.48. The minimum atomic E-state index is -2.59. The second-order valence-corrected chi connectivity index (χ2v) is 31.5. The third-order valence-electron chi connectivity index (χ3n) is 23.7. The molecule has 10 unspecified atom stereocenters. The number of fused-ring (bicyclic) bond motifs is 8. The number of phenolic OH excluding ortho intramolecular Hbond substituents is 2. The maximum Gasteiger partial charge on any atom is 0.317 e. The summed E-state index contributed by atoms with van der Waals surface area (Å²) >= 11 is 0. The zero-order valence-electron chi connectivity index (χ0n) is 70.9. The smallest absolute Gasteiger partial charge is 0.317 e. The summed E-state index contributed by atoms with van der Waals surface area (Å²) < 4.78 is 103. The van der Waals surface area contributed by atoms with Crippen molar-refractivity contribution in [3.05, 3.63) is 122 Å². The van der Waals surface area contributed by atoms with Crippen LogP contribution < -0.4 is 20.7 Å². The number of carbonyl (C=O) groups is 7. The normalized spacial score (nSPS) is 22.7. The number of likely N-dealkylation sites (tertiary alicyclic amines) is 2. The second kappa shape index (κ2) is 47.4. The lowest BCUT2D eigenvalue weighted by Gasteiger charge is -2.47. The number of aromatic hydroxyl groups is 2. The minimum Gasteiger partial charge on any atom is -0.507 e. The molecule has 0 saturated carbocycles. The highest BCUT2D eigenvalue weighted by atomic mass is 16.7. The predicted octanol–water partition coefficient (Wildman–Crippen LogP) is 4.08. The van der Waals surface area contributed by atoms with Crippen LogP contribution >= 0.6 is 0 Å². The zero-order chi connectivity index (χ0) is 86.5. The fraction of sp³-hybridized carbons (Fsp3) is 0.629. The highest BCUT2D eigenvalue weighted by Gasteiger charge is 2.56. The number of ether oxygens (including phenoxy) is 18. The number of amides is 5. The van der Waals surface area contributed by atoms with Gasteiger partial charge >= 0.3 is 6.03 Å². The first-order valence-electron chi connectivity index (χ1n) is 42.8. The number of methoxy groups -OCH3 is 3. The van der Waals surface area contributed by atoms with Crippen molar-refractivity contribution in [2.24, 2.45) is 5.41 Å². The van der Waals surface area contributed by atoms with E-state index in [1.807, 2.05) is 48.5 Å². The lowest BCUT2D eigenvalue weighted by atomic mass is 9.71. The van der Waals surface area contributed by atoms with Crippen LogP contribution in [0.4, 0.5) is 4.79 Å². The van der Waals surface area contributed by atoms with Gasteiger partial charge in [-0.05, 0) is 73.8 Å². The summed E-state index contributed by atoms with van der Waals surface area (Å²) in [5, 5.41) is 46.7. The Morgan fingerprint density at radius 1 is 0.593 bits per heavy atom. The molecular formula is C89H120N6O28. The third-order valence-corrected chi connectivity index (χ3v) is 23.7. The van der Waals surface area contributed by atoms with Gasteiger partial charge in [0.1, 0.15) is 40.8 Å². The summed E-state index contributed by atoms with van der Waals surface area (Å²) in [6.07, 6.45) is -3.39. The van der Waals surface area contributed by atoms with Gasteiger partial charge < -0.3 is 126 Å². The molecule has 5 fully saturated rings. The van der Waals surface area contributed by atoms with Crippen molar-refractivity contribution >= 4 is 41.1 Å². The monoisotopic (exact) mass is 1720 g/mol. The minimum absolute atomic E-state index is 0.00452. The van der Waals surface area contributed by atoms with Gasteiger partial charge in [0.2, 0.25) is 17.6 Å². The molecule has 1 spiro atoms. The first-order chi connectivity index (χ1) is 59.9. The van der Waals surface area contributed by atoms with Crippen LogP contribution in [0.3, 0.4) is 0 Å². The summed E-state index contributed by atoms with van der Waals surface area (Å²) in [5.74, 6) is 0.764. The molecule has 8 aliphatic rings. The Morgan fingerprint density at radius 3 is 1.72 bits per heavy atom. The molecule has 6 N–H and O–H groups in total. The van der Waals surface area contributed by atoms with Crippen LogP contribution in [-0.4, -0.2) is 346 Å². The van der Waals surface area contributed by atoms with Gasteiger partial charge in [0, 0.05) is 132 Å². The number of morpholine rings is 1. The number of carbonyl (C=O) groups excluding carboxylic acids is 7. The largest absolute Gasteiger partial charge is 0.507 e. The second-order valence-electron chi connectivity index (χ2n) is 31.5. The molecule has 5 saturated heterocycles. The van der Waals surface area contributed by atoms with Crippen molar-refractivity contribution in [2.45, 2.75) is 132 Å². The molecule has 3 aliphatic carbocycles. The van der Waals surface area contributed by atoms with Crippen LogP contribution in [0.5, 0.6) is 17.2 Å². The van der Waals surface area contributed by atoms with E-state index in [0.29, 0.717) is 184 Å². The molecule has 34 heteroatoms. The number of urea groups is 1. The molecule has 5 heterocycles. The van der Waals surface area contributed by atoms with Crippen LogP contribution in [0, 0.1) is 17.3 Å². The van der Waals surface area contributed by atoms with E-state index >= 15 is 9.59 Å². The van der Waals surface area contributed by atoms with Crippen molar-refractivity contribution in [2.75, 3.05) is 226 Å². The van der Waals surface area contributed by atoms with E-state index in [1.165, 1.54) is 32.4 Å². The molecule has 12 rings (SSSR count). The highest BCUT2D eigenvalue weighted by Crippen LogP contribution is 2.53. The van der Waals surface area contributed by atoms with Crippen molar-refractivity contribution in [1.82, 2.24) is 30.7 Å². The van der Waals surface area contributed by atoms with Gasteiger partial charge in [0.05, 0.1) is 195 Å². The van der Waals surface area contributed by atoms with Crippen LogP contribution in [0.1, 0.15) is 136 Å². The van der Waals surface area contributed by atoms with Crippen LogP contribution in [0.15, 0.2) is 66.7 Å². The molecule has 123 heavy (non-hydrogen) atoms. The van der Waals surface area contributed by atoms with Gasteiger partial charge in [-0.1, -0.05) is 60.4 Å². The first kappa shape index (κ1) is 93.9. The fourth-order valence-corrected chi connectivity index (χ4v) is 17.1. The molecule has 0 aromatic heterocycles. The summed E-state index contributed by atoms with van der Waals surface area (Å²) in [6, 6.07) is 17.8. The zero-order valence-corrected chi connectivity index (χ0v) is 70.9. The molecule has 5 amide bonds. The third kappa shape index (κ3) is 24.9. The standard InChI is InChI=1S/C89H120N6O28/c1-59-82-68(95-29-31-120-85(108-4)84(95)123-82)55-73(121-59)122-71-57-89(105,56-66-75(71)81(101)77-76(79(66)99)78(98)64-14-9-15-70(107-3)74(64)80(77)100)86(103)92-67(58-91-72(97)19-30-109-34-35-111-38-39-113-42-43-115-46-47-117-50-51-119-53-52-118-49-48-116-45-44-114-41-40-112-37-36-110-33-32-106-2)83(102)93-25-20-88(21-26-93)22-27-94(28-23-88)87(104)90-24-18-69(96)65-54-62-12-6-5-10-60(62)16-17-61-11-7-8-13-63(61)65/h5-15,59,65,67-68,71,73,82,84-85,99,101,105H,18-58H2,1-4H3,(H,90,104)(H,91,97)(H,92,103). The molecule has 10 atom stereocenters. The number of benzene rings is 4. The van der Waals surface area contributed by atoms with E-state index in [4.69, 9.17) is 85.3 Å². The van der Waals surface area contributed by atoms with Crippen molar-refractivity contribution in [3.63, 3.8) is 0 Å². The topological polar surface area (TPSA) is 392 Å². The number of hydrogen-bond donors (Lipinski definition) is 6. The van der Waals surface area contributed by atoms with Crippen LogP contribution in [0.2, 0.25) is 0 Å². The Morgan fingerprint density at radius 2 is 1.14 bits per heavy atom. The van der Waals surface area contributed by atoms with Crippen molar-refractivity contribution in [1.29, 1.82) is 0 Å². The SMILES string of the molecule is COCCOCCOCCOCCOCCOCCOCCOCCOCCOCCOCCOCCC(=O)NCC(NC(=O)C1(O)Cc2c(O)c3c(c(O)c2C(OC2CC4C(OC5C(OC)OCCN45)C(C)O2)C1)C(=O)c1c(OC)cccc1C3=O)C(=O)N1CCC2(CCN(C(=O)NCCC(=O)C3Cc4ccccc4C#Cc4ccccc43)CC2)CC1. The number of Topliss-reactive ketones (excluding diaryl/α,β-unsaturated/α-hetero) is 1. The highest BCUT2D eigenvalue weighted by molar-refractivity contribution is 6.31. The molecule has 0 radical (unpaired) electrons. The maximum absolute atomic E-state index is 15.4. The van der Waals surface area contributed by atoms with Gasteiger partial charge in [-0.15, -0.1) is 0 Å². The van der Waals surface area contributed by atoms with E-state index in [0.717, 1.165) is 22.3 Å². The lowest BCUT2D eigenvalue weighted by molar-refractivity contribution is -0.256. The number of rotatable bonds is 49. The number of phenols is 2. The summed E-state index contributed by atoms with van der Waals surface area (Å²) in [4.78, 5) is 107. The molecule has 34 nitrogen and oxygen atoms in total. The molecular weight excluding hydrogens is 1600 g/mol. The Kier molecular flexibility index (Phi) is 36.2. The van der Waals surface area contributed by atoms with Crippen molar-refractivity contribution in [3.8, 4) is 29.1 Å². The van der Waals surface area contributed by atoms with E-state index in [2.05, 4.69) is 32.7 Å². The lowest BCUT2D eigenvalue weighted by Crippen LogP contribution is -2.61. The van der Waals surface area contributed by atoms with Gasteiger partial charge in [-0.25, -0.2) is 4.79 Å². The number of ketones is 3. The number of nitrogens with zero attached hydrogens (tertiary/aromatic N) is 3. The van der Waals surface area contributed by atoms with Crippen LogP contribution in [0.25, 0.3) is 0 Å². The molecule has 0 bridgehead atoms. The van der Waals surface area contributed by atoms with Gasteiger partial charge in [-0.3, -0.25) is 33.7 Å². The molecule has 4 aromatic carbocycles. The number of hydrogen-bond acceptors (Lipinski definition) is 29. The Hall–Kier alpha value is -8.23. The maximum atomic E-state index is 15.4. The Balaban J connectivity index is 0.609. The molecule has 5 aliphatic heterocycles. The van der Waals surface area contributed by atoms with E-state index in [-0.39, 0.29) is 117 Å². The van der Waals surface area contributed by atoms with Gasteiger partial charge in [0.25, 0.3) is 5.91 Å². The number of piperidine rings is 2. The van der Waals surface area contributed by atoms with Crippen LogP contribution in [-0.2, 0) is 113 Å². The molecule has 4 aromatic rings. The first-order valence-corrected chi connectivity index (χ1v) is 42.8. The van der Waals surface area contributed by atoms with Gasteiger partial charge in [0.15, 0.2) is 24.6 Å². The summed E-state index contributed by atoms with van der Waals surface area (Å²) in [6.45, 7) is 12.8. The van der Waals surface area contributed by atoms with E-state index < -0.39 is 126 Å². The van der Waals surface area contributed by atoms with Gasteiger partial charge in [-0.2, -0.15) is 0 Å². The van der Waals surface area contributed by atoms with E-state index in [1.54, 1.807) is 23.8 Å². The average molecular weight is 1720 g/mol. The van der Waals surface area contributed by atoms with Crippen molar-refractivity contribution < 1.29 is 134 Å². The summed E-state index contributed by atoms with van der Waals surface area (Å²) in [5.41, 5.74) is -1.08. The fourth-order valence-electron chi connectivity index (χ4n) is 17.1. The average Bonchev–Trinajstić information content (AvgIpc) is 0.968. The van der Waals surface area contributed by atoms with E-state index in [9.17, 15) is 39.3 Å². The Bertz CT molecular complexity index is 4220. The molecule has 674 valence electrons.